The van der Waals surface area contributed by atoms with Crippen molar-refractivity contribution in [2.45, 2.75) is 13.1 Å². The lowest BCUT2D eigenvalue weighted by molar-refractivity contribution is 0.0695. The second kappa shape index (κ2) is 6.68. The highest BCUT2D eigenvalue weighted by Crippen LogP contribution is 2.11. The van der Waals surface area contributed by atoms with Crippen LogP contribution >= 0.6 is 0 Å². The van der Waals surface area contributed by atoms with E-state index in [4.69, 9.17) is 9.84 Å². The zero-order chi connectivity index (χ0) is 14.4. The summed E-state index contributed by atoms with van der Waals surface area (Å²) in [7, 11) is 1.63. The number of hydrogen-bond acceptors (Lipinski definition) is 4. The molecule has 0 aliphatic rings. The number of nitrogens with zero attached hydrogens (tertiary/aromatic N) is 1. The summed E-state index contributed by atoms with van der Waals surface area (Å²) in [6.07, 6.45) is 1.59. The Labute approximate surface area is 117 Å². The van der Waals surface area contributed by atoms with Gasteiger partial charge in [-0.3, -0.25) is 4.98 Å². The normalized spacial score (nSPS) is 10.2. The lowest BCUT2D eigenvalue weighted by atomic mass is 10.2. The fourth-order valence-corrected chi connectivity index (χ4v) is 1.84. The lowest BCUT2D eigenvalue weighted by Gasteiger charge is -2.07. The van der Waals surface area contributed by atoms with E-state index in [1.54, 1.807) is 25.4 Å². The number of pyridine rings is 1. The van der Waals surface area contributed by atoms with Crippen LogP contribution in [-0.4, -0.2) is 23.2 Å². The van der Waals surface area contributed by atoms with Crippen molar-refractivity contribution in [3.8, 4) is 5.75 Å². The largest absolute Gasteiger partial charge is 0.497 e. The molecular formula is C15H16N2O3. The maximum absolute atomic E-state index is 11.0. The van der Waals surface area contributed by atoms with Gasteiger partial charge in [-0.25, -0.2) is 4.79 Å². The molecule has 0 amide bonds. The molecule has 20 heavy (non-hydrogen) atoms. The standard InChI is InChI=1S/C15H16N2O3/c1-20-12-6-4-11(5-7-12)9-16-10-14-13(15(18)19)3-2-8-17-14/h2-8,16H,9-10H2,1H3,(H,18,19). The fraction of sp³-hybridized carbons (Fsp3) is 0.200. The van der Waals surface area contributed by atoms with Crippen molar-refractivity contribution in [2.24, 2.45) is 0 Å². The number of benzene rings is 1. The number of aromatic carboxylic acids is 1. The number of methoxy groups -OCH3 is 1. The molecule has 5 nitrogen and oxygen atoms in total. The molecule has 1 aromatic carbocycles. The van der Waals surface area contributed by atoms with Crippen molar-refractivity contribution in [2.75, 3.05) is 7.11 Å². The summed E-state index contributed by atoms with van der Waals surface area (Å²) in [6, 6.07) is 10.9. The molecule has 0 saturated carbocycles. The number of hydrogen-bond donors (Lipinski definition) is 2. The number of rotatable bonds is 6. The Morgan fingerprint density at radius 3 is 2.65 bits per heavy atom. The Morgan fingerprint density at radius 2 is 2.00 bits per heavy atom. The van der Waals surface area contributed by atoms with Crippen molar-refractivity contribution in [3.63, 3.8) is 0 Å². The predicted octanol–water partition coefficient (Wildman–Crippen LogP) is 2.08. The fourth-order valence-electron chi connectivity index (χ4n) is 1.84. The maximum atomic E-state index is 11.0. The molecule has 0 aliphatic heterocycles. The van der Waals surface area contributed by atoms with E-state index in [1.807, 2.05) is 24.3 Å². The molecule has 2 aromatic rings. The molecule has 0 spiro atoms. The highest BCUT2D eigenvalue weighted by atomic mass is 16.5. The molecule has 0 fully saturated rings. The first-order chi connectivity index (χ1) is 9.70. The summed E-state index contributed by atoms with van der Waals surface area (Å²) >= 11 is 0. The molecule has 104 valence electrons. The maximum Gasteiger partial charge on any atom is 0.337 e. The second-order valence-electron chi connectivity index (χ2n) is 4.25. The first kappa shape index (κ1) is 14.0. The van der Waals surface area contributed by atoms with E-state index in [-0.39, 0.29) is 5.56 Å². The summed E-state index contributed by atoms with van der Waals surface area (Å²) in [5.41, 5.74) is 1.86. The van der Waals surface area contributed by atoms with Gasteiger partial charge in [-0.05, 0) is 29.8 Å². The van der Waals surface area contributed by atoms with E-state index in [0.717, 1.165) is 11.3 Å². The Balaban J connectivity index is 1.94. The number of carboxylic acids is 1. The summed E-state index contributed by atoms with van der Waals surface area (Å²) in [6.45, 7) is 1.05. The van der Waals surface area contributed by atoms with Gasteiger partial charge in [-0.2, -0.15) is 0 Å². The van der Waals surface area contributed by atoms with E-state index in [2.05, 4.69) is 10.3 Å². The highest BCUT2D eigenvalue weighted by molar-refractivity contribution is 5.88. The minimum atomic E-state index is -0.959. The zero-order valence-corrected chi connectivity index (χ0v) is 11.2. The average molecular weight is 272 g/mol. The van der Waals surface area contributed by atoms with Crippen LogP contribution in [0.25, 0.3) is 0 Å². The van der Waals surface area contributed by atoms with Gasteiger partial charge in [-0.1, -0.05) is 12.1 Å². The summed E-state index contributed by atoms with van der Waals surface area (Å²) < 4.78 is 5.09. The minimum absolute atomic E-state index is 0.231. The summed E-state index contributed by atoms with van der Waals surface area (Å²) in [5.74, 6) is -0.147. The number of ether oxygens (including phenoxy) is 1. The van der Waals surface area contributed by atoms with Gasteiger partial charge in [0.15, 0.2) is 0 Å². The Hall–Kier alpha value is -2.40. The molecule has 0 aliphatic carbocycles. The Bertz CT molecular complexity index is 582. The van der Waals surface area contributed by atoms with Crippen LogP contribution in [0.15, 0.2) is 42.6 Å². The van der Waals surface area contributed by atoms with E-state index < -0.39 is 5.97 Å². The molecule has 2 rings (SSSR count). The topological polar surface area (TPSA) is 71.5 Å². The van der Waals surface area contributed by atoms with Crippen molar-refractivity contribution in [1.82, 2.24) is 10.3 Å². The zero-order valence-electron chi connectivity index (χ0n) is 11.2. The Kier molecular flexibility index (Phi) is 4.68. The lowest BCUT2D eigenvalue weighted by Crippen LogP contribution is -2.16. The molecule has 0 bridgehead atoms. The van der Waals surface area contributed by atoms with Crippen LogP contribution in [0.3, 0.4) is 0 Å². The molecule has 0 saturated heterocycles. The third-order valence-corrected chi connectivity index (χ3v) is 2.90. The third kappa shape index (κ3) is 3.55. The van der Waals surface area contributed by atoms with Crippen molar-refractivity contribution < 1.29 is 14.6 Å². The number of aromatic nitrogens is 1. The van der Waals surface area contributed by atoms with Crippen LogP contribution in [0.1, 0.15) is 21.6 Å². The second-order valence-corrected chi connectivity index (χ2v) is 4.25. The molecule has 5 heteroatoms. The van der Waals surface area contributed by atoms with Gasteiger partial charge < -0.3 is 15.2 Å². The smallest absolute Gasteiger partial charge is 0.337 e. The summed E-state index contributed by atoms with van der Waals surface area (Å²) in [4.78, 5) is 15.1. The van der Waals surface area contributed by atoms with Crippen LogP contribution in [0.2, 0.25) is 0 Å². The SMILES string of the molecule is COc1ccc(CNCc2ncccc2C(=O)O)cc1. The first-order valence-electron chi connectivity index (χ1n) is 6.21. The minimum Gasteiger partial charge on any atom is -0.497 e. The van der Waals surface area contributed by atoms with Crippen LogP contribution in [0.4, 0.5) is 0 Å². The van der Waals surface area contributed by atoms with Gasteiger partial charge in [0.2, 0.25) is 0 Å². The molecular weight excluding hydrogens is 256 g/mol. The van der Waals surface area contributed by atoms with Crippen molar-refractivity contribution in [3.05, 3.63) is 59.4 Å². The summed E-state index contributed by atoms with van der Waals surface area (Å²) in [5, 5.41) is 12.2. The van der Waals surface area contributed by atoms with Crippen LogP contribution in [0.5, 0.6) is 5.75 Å². The van der Waals surface area contributed by atoms with E-state index in [1.165, 1.54) is 0 Å². The number of carboxylic acid groups (broad SMARTS) is 1. The van der Waals surface area contributed by atoms with Gasteiger partial charge >= 0.3 is 5.97 Å². The molecule has 1 heterocycles. The van der Waals surface area contributed by atoms with Gasteiger partial charge in [0.25, 0.3) is 0 Å². The monoisotopic (exact) mass is 272 g/mol. The van der Waals surface area contributed by atoms with E-state index in [0.29, 0.717) is 18.8 Å². The van der Waals surface area contributed by atoms with Crippen molar-refractivity contribution in [1.29, 1.82) is 0 Å². The number of nitrogens with one attached hydrogen (secondary N) is 1. The third-order valence-electron chi connectivity index (χ3n) is 2.90. The molecule has 1 aromatic heterocycles. The van der Waals surface area contributed by atoms with E-state index in [9.17, 15) is 4.79 Å². The number of carbonyl (C=O) groups is 1. The van der Waals surface area contributed by atoms with Gasteiger partial charge in [0.1, 0.15) is 5.75 Å². The Morgan fingerprint density at radius 1 is 1.25 bits per heavy atom. The predicted molar refractivity (Wildman–Crippen MR) is 74.7 cm³/mol. The van der Waals surface area contributed by atoms with Crippen molar-refractivity contribution >= 4 is 5.97 Å². The van der Waals surface area contributed by atoms with Gasteiger partial charge in [0, 0.05) is 19.3 Å². The van der Waals surface area contributed by atoms with Crippen LogP contribution in [0, 0.1) is 0 Å². The van der Waals surface area contributed by atoms with Gasteiger partial charge in [-0.15, -0.1) is 0 Å². The van der Waals surface area contributed by atoms with E-state index >= 15 is 0 Å². The van der Waals surface area contributed by atoms with Gasteiger partial charge in [0.05, 0.1) is 18.4 Å². The average Bonchev–Trinajstić information content (AvgIpc) is 2.48. The molecule has 2 N–H and O–H groups in total. The highest BCUT2D eigenvalue weighted by Gasteiger charge is 2.09. The molecule has 0 atom stereocenters. The molecule has 0 radical (unpaired) electrons. The first-order valence-corrected chi connectivity index (χ1v) is 6.21. The van der Waals surface area contributed by atoms with Crippen LogP contribution < -0.4 is 10.1 Å². The van der Waals surface area contributed by atoms with Crippen LogP contribution in [-0.2, 0) is 13.1 Å². The quantitative estimate of drug-likeness (QED) is 0.842. The molecule has 0 unspecified atom stereocenters.